The molecule has 0 aliphatic heterocycles. The van der Waals surface area contributed by atoms with E-state index in [1.807, 2.05) is 26.0 Å². The highest BCUT2D eigenvalue weighted by molar-refractivity contribution is 5.98. The van der Waals surface area contributed by atoms with E-state index in [2.05, 4.69) is 5.32 Å². The van der Waals surface area contributed by atoms with E-state index in [1.165, 1.54) is 10.6 Å². The average molecular weight is 285 g/mol. The van der Waals surface area contributed by atoms with Crippen LogP contribution in [0.25, 0.3) is 0 Å². The number of nitrogens with zero attached hydrogens (tertiary/aromatic N) is 1. The number of hydrogen-bond donors (Lipinski definition) is 2. The molecule has 2 rings (SSSR count). The second-order valence-electron chi connectivity index (χ2n) is 5.57. The Morgan fingerprint density at radius 2 is 1.76 bits per heavy atom. The monoisotopic (exact) mass is 285 g/mol. The Bertz CT molecular complexity index is 715. The lowest BCUT2D eigenvalue weighted by atomic mass is 9.83. The van der Waals surface area contributed by atoms with Gasteiger partial charge in [-0.2, -0.15) is 0 Å². The minimum Gasteiger partial charge on any atom is -0.399 e. The smallest absolute Gasteiger partial charge is 0.250 e. The minimum absolute atomic E-state index is 0.120. The number of rotatable bonds is 3. The molecule has 0 fully saturated rings. The van der Waals surface area contributed by atoms with Gasteiger partial charge in [-0.05, 0) is 37.6 Å². The summed E-state index contributed by atoms with van der Waals surface area (Å²) in [5, 5.41) is 2.83. The van der Waals surface area contributed by atoms with E-state index >= 15 is 0 Å². The van der Waals surface area contributed by atoms with Crippen LogP contribution in [0.1, 0.15) is 19.4 Å². The fourth-order valence-electron chi connectivity index (χ4n) is 1.99. The zero-order valence-electron chi connectivity index (χ0n) is 12.4. The fraction of sp³-hybridized carbons (Fsp3) is 0.250. The lowest BCUT2D eigenvalue weighted by Crippen LogP contribution is -2.35. The molecule has 0 bridgehead atoms. The molecule has 0 aliphatic carbocycles. The number of benzene rings is 1. The molecule has 5 heteroatoms. The summed E-state index contributed by atoms with van der Waals surface area (Å²) in [7, 11) is 1.64. The number of amides is 1. The third-order valence-electron chi connectivity index (χ3n) is 3.54. The third kappa shape index (κ3) is 3.13. The van der Waals surface area contributed by atoms with Gasteiger partial charge in [0.2, 0.25) is 11.5 Å². The van der Waals surface area contributed by atoms with E-state index in [0.29, 0.717) is 11.4 Å². The van der Waals surface area contributed by atoms with Gasteiger partial charge in [-0.15, -0.1) is 0 Å². The highest BCUT2D eigenvalue weighted by atomic mass is 16.2. The van der Waals surface area contributed by atoms with Gasteiger partial charge in [-0.1, -0.05) is 12.1 Å². The van der Waals surface area contributed by atoms with Crippen LogP contribution in [0.2, 0.25) is 0 Å². The second kappa shape index (κ2) is 5.44. The second-order valence-corrected chi connectivity index (χ2v) is 5.57. The fourth-order valence-corrected chi connectivity index (χ4v) is 1.99. The zero-order valence-corrected chi connectivity index (χ0v) is 12.4. The van der Waals surface area contributed by atoms with E-state index in [1.54, 1.807) is 31.4 Å². The van der Waals surface area contributed by atoms with E-state index in [-0.39, 0.29) is 11.5 Å². The highest BCUT2D eigenvalue weighted by Gasteiger charge is 2.29. The van der Waals surface area contributed by atoms with E-state index in [4.69, 9.17) is 5.73 Å². The predicted molar refractivity (Wildman–Crippen MR) is 84.2 cm³/mol. The lowest BCUT2D eigenvalue weighted by Gasteiger charge is -2.24. The van der Waals surface area contributed by atoms with Gasteiger partial charge in [-0.3, -0.25) is 9.59 Å². The maximum Gasteiger partial charge on any atom is 0.250 e. The summed E-state index contributed by atoms with van der Waals surface area (Å²) in [4.78, 5) is 23.8. The van der Waals surface area contributed by atoms with Crippen LogP contribution in [0.4, 0.5) is 11.4 Å². The molecular weight excluding hydrogens is 266 g/mol. The van der Waals surface area contributed by atoms with Gasteiger partial charge in [0.1, 0.15) is 0 Å². The molecule has 0 spiro atoms. The Morgan fingerprint density at radius 3 is 2.33 bits per heavy atom. The van der Waals surface area contributed by atoms with Crippen LogP contribution >= 0.6 is 0 Å². The number of nitrogens with two attached hydrogens (primary N) is 1. The van der Waals surface area contributed by atoms with Crippen molar-refractivity contribution in [3.8, 4) is 0 Å². The summed E-state index contributed by atoms with van der Waals surface area (Å²) in [6, 6.07) is 10.3. The van der Waals surface area contributed by atoms with Crippen molar-refractivity contribution >= 4 is 17.3 Å². The summed E-state index contributed by atoms with van der Waals surface area (Å²) >= 11 is 0. The number of aromatic nitrogens is 1. The first-order chi connectivity index (χ1) is 9.80. The van der Waals surface area contributed by atoms with Crippen LogP contribution in [-0.4, -0.2) is 10.5 Å². The topological polar surface area (TPSA) is 77.1 Å². The molecule has 2 aromatic rings. The summed E-state index contributed by atoms with van der Waals surface area (Å²) in [5.74, 6) is -0.147. The van der Waals surface area contributed by atoms with Crippen LogP contribution in [0, 0.1) is 0 Å². The van der Waals surface area contributed by atoms with Crippen LogP contribution in [0.15, 0.2) is 47.4 Å². The van der Waals surface area contributed by atoms with Gasteiger partial charge < -0.3 is 15.6 Å². The van der Waals surface area contributed by atoms with Crippen LogP contribution < -0.4 is 16.6 Å². The van der Waals surface area contributed by atoms with Crippen molar-refractivity contribution in [1.29, 1.82) is 0 Å². The Hall–Kier alpha value is -2.56. The number of hydrogen-bond acceptors (Lipinski definition) is 3. The summed E-state index contributed by atoms with van der Waals surface area (Å²) in [5.41, 5.74) is 6.96. The van der Waals surface area contributed by atoms with E-state index in [9.17, 15) is 9.59 Å². The van der Waals surface area contributed by atoms with Crippen molar-refractivity contribution in [2.24, 2.45) is 7.05 Å². The Labute approximate surface area is 123 Å². The van der Waals surface area contributed by atoms with Crippen molar-refractivity contribution < 1.29 is 4.79 Å². The van der Waals surface area contributed by atoms with Crippen LogP contribution in [0.5, 0.6) is 0 Å². The molecule has 1 amide bonds. The first kappa shape index (κ1) is 14.8. The third-order valence-corrected chi connectivity index (χ3v) is 3.54. The average Bonchev–Trinajstić information content (AvgIpc) is 2.43. The molecule has 5 nitrogen and oxygen atoms in total. The molecule has 21 heavy (non-hydrogen) atoms. The van der Waals surface area contributed by atoms with Gasteiger partial charge in [0.15, 0.2) is 0 Å². The standard InChI is InChI=1S/C16H19N3O2/c1-16(2,11-4-6-12(17)7-5-11)15(21)18-13-8-9-14(20)19(3)10-13/h4-10H,17H2,1-3H3,(H,18,21). The summed E-state index contributed by atoms with van der Waals surface area (Å²) in [6.45, 7) is 3.69. The Morgan fingerprint density at radius 1 is 1.14 bits per heavy atom. The van der Waals surface area contributed by atoms with Gasteiger partial charge >= 0.3 is 0 Å². The quantitative estimate of drug-likeness (QED) is 0.845. The molecule has 0 atom stereocenters. The first-order valence-electron chi connectivity index (χ1n) is 6.65. The lowest BCUT2D eigenvalue weighted by molar-refractivity contribution is -0.120. The zero-order chi connectivity index (χ0) is 15.6. The molecule has 1 aromatic carbocycles. The van der Waals surface area contributed by atoms with Gasteiger partial charge in [-0.25, -0.2) is 0 Å². The first-order valence-corrected chi connectivity index (χ1v) is 6.65. The van der Waals surface area contributed by atoms with Gasteiger partial charge in [0, 0.05) is 25.0 Å². The molecule has 3 N–H and O–H groups in total. The van der Waals surface area contributed by atoms with Crippen molar-refractivity contribution in [3.63, 3.8) is 0 Å². The summed E-state index contributed by atoms with van der Waals surface area (Å²) in [6.07, 6.45) is 1.60. The molecule has 0 aliphatic rings. The van der Waals surface area contributed by atoms with Crippen LogP contribution in [-0.2, 0) is 17.3 Å². The number of pyridine rings is 1. The number of aryl methyl sites for hydroxylation is 1. The largest absolute Gasteiger partial charge is 0.399 e. The molecule has 110 valence electrons. The Kier molecular flexibility index (Phi) is 3.84. The molecule has 0 unspecified atom stereocenters. The van der Waals surface area contributed by atoms with Gasteiger partial charge in [0.05, 0.1) is 11.1 Å². The maximum atomic E-state index is 12.5. The van der Waals surface area contributed by atoms with Gasteiger partial charge in [0.25, 0.3) is 0 Å². The normalized spacial score (nSPS) is 11.2. The molecule has 0 saturated heterocycles. The highest BCUT2D eigenvalue weighted by Crippen LogP contribution is 2.25. The number of nitrogens with one attached hydrogen (secondary N) is 1. The van der Waals surface area contributed by atoms with Crippen molar-refractivity contribution in [2.75, 3.05) is 11.1 Å². The van der Waals surface area contributed by atoms with Crippen molar-refractivity contribution in [2.45, 2.75) is 19.3 Å². The predicted octanol–water partition coefficient (Wildman–Crippen LogP) is 1.88. The number of carbonyl (C=O) groups excluding carboxylic acids is 1. The van der Waals surface area contributed by atoms with E-state index < -0.39 is 5.41 Å². The number of nitrogen functional groups attached to an aromatic ring is 1. The maximum absolute atomic E-state index is 12.5. The molecule has 1 aromatic heterocycles. The number of anilines is 2. The Balaban J connectivity index is 2.23. The molecule has 0 saturated carbocycles. The SMILES string of the molecule is Cn1cc(NC(=O)C(C)(C)c2ccc(N)cc2)ccc1=O. The van der Waals surface area contributed by atoms with E-state index in [0.717, 1.165) is 5.56 Å². The number of carbonyl (C=O) groups is 1. The van der Waals surface area contributed by atoms with Crippen molar-refractivity contribution in [3.05, 3.63) is 58.5 Å². The van der Waals surface area contributed by atoms with Crippen molar-refractivity contribution in [1.82, 2.24) is 4.57 Å². The minimum atomic E-state index is -0.706. The molecule has 0 radical (unpaired) electrons. The summed E-state index contributed by atoms with van der Waals surface area (Å²) < 4.78 is 1.42. The molecular formula is C16H19N3O2. The van der Waals surface area contributed by atoms with Crippen LogP contribution in [0.3, 0.4) is 0 Å². The molecule has 1 heterocycles.